The molecule has 0 amide bonds. The molecule has 0 aliphatic carbocycles. The Balaban J connectivity index is 0.000000244. The van der Waals surface area contributed by atoms with Gasteiger partial charge in [-0.2, -0.15) is 0 Å². The lowest BCUT2D eigenvalue weighted by Gasteiger charge is -1.82. The lowest BCUT2D eigenvalue weighted by molar-refractivity contribution is 0.475. The molecule has 0 saturated heterocycles. The van der Waals surface area contributed by atoms with E-state index in [0.29, 0.717) is 5.75 Å². The Morgan fingerprint density at radius 1 is 0.750 bits per heavy atom. The van der Waals surface area contributed by atoms with Crippen molar-refractivity contribution in [2.24, 2.45) is 0 Å². The smallest absolute Gasteiger partial charge is 0.115 e. The van der Waals surface area contributed by atoms with Gasteiger partial charge >= 0.3 is 0 Å². The Kier molecular flexibility index (Phi) is 8.96. The van der Waals surface area contributed by atoms with Crippen molar-refractivity contribution in [3.63, 3.8) is 0 Å². The predicted octanol–water partition coefficient (Wildman–Crippen LogP) is 3.38. The zero-order valence-electron chi connectivity index (χ0n) is 9.21. The molecule has 2 heteroatoms. The summed E-state index contributed by atoms with van der Waals surface area (Å²) in [5.41, 5.74) is 0. The number of phenols is 1. The van der Waals surface area contributed by atoms with Crippen molar-refractivity contribution >= 4 is 14.5 Å². The Bertz CT molecular complexity index is 322. The quantitative estimate of drug-likeness (QED) is 0.545. The largest absolute Gasteiger partial charge is 0.508 e. The van der Waals surface area contributed by atoms with Crippen molar-refractivity contribution in [3.8, 4) is 5.75 Å². The van der Waals surface area contributed by atoms with E-state index in [0.717, 1.165) is 0 Å². The van der Waals surface area contributed by atoms with E-state index in [4.69, 9.17) is 5.11 Å². The highest BCUT2D eigenvalue weighted by molar-refractivity contribution is 7.27. The van der Waals surface area contributed by atoms with E-state index in [1.807, 2.05) is 36.4 Å². The average Bonchev–Trinajstić information content (AvgIpc) is 2.34. The maximum absolute atomic E-state index is 8.63. The number of hydrogen-bond donors (Lipinski definition) is 1. The first-order valence-corrected chi connectivity index (χ1v) is 5.41. The molecule has 2 aromatic rings. The molecule has 0 fully saturated rings. The first kappa shape index (κ1) is 14.4. The van der Waals surface area contributed by atoms with Gasteiger partial charge < -0.3 is 5.11 Å². The van der Waals surface area contributed by atoms with Gasteiger partial charge in [-0.15, -0.1) is 22.4 Å². The molecular formula is C14H17OP. The molecule has 0 bridgehead atoms. The molecule has 1 atom stereocenters. The fraction of sp³-hybridized carbons (Fsp3) is 0. The SMILES string of the molecule is C=C.Oc1ccccc1.Pc1ccccc1. The summed E-state index contributed by atoms with van der Waals surface area (Å²) >= 11 is 0. The Morgan fingerprint density at radius 2 is 1.12 bits per heavy atom. The van der Waals surface area contributed by atoms with Crippen molar-refractivity contribution < 1.29 is 5.11 Å². The zero-order chi connectivity index (χ0) is 12.2. The van der Waals surface area contributed by atoms with Crippen molar-refractivity contribution in [2.45, 2.75) is 0 Å². The van der Waals surface area contributed by atoms with E-state index in [1.165, 1.54) is 5.30 Å². The number of benzene rings is 2. The second kappa shape index (κ2) is 9.95. The average molecular weight is 232 g/mol. The van der Waals surface area contributed by atoms with Gasteiger partial charge in [0.2, 0.25) is 0 Å². The van der Waals surface area contributed by atoms with E-state index < -0.39 is 0 Å². The second-order valence-corrected chi connectivity index (χ2v) is 3.41. The zero-order valence-corrected chi connectivity index (χ0v) is 10.4. The Labute approximate surface area is 99.7 Å². The molecule has 2 rings (SSSR count). The Hall–Kier alpha value is -1.59. The molecule has 0 aromatic heterocycles. The molecule has 0 aliphatic heterocycles. The van der Waals surface area contributed by atoms with Crippen LogP contribution in [-0.2, 0) is 0 Å². The number of para-hydroxylation sites is 1. The van der Waals surface area contributed by atoms with Crippen molar-refractivity contribution in [1.29, 1.82) is 0 Å². The van der Waals surface area contributed by atoms with Gasteiger partial charge in [0.05, 0.1) is 0 Å². The van der Waals surface area contributed by atoms with Crippen LogP contribution in [0.2, 0.25) is 0 Å². The van der Waals surface area contributed by atoms with Gasteiger partial charge in [0.25, 0.3) is 0 Å². The molecule has 1 N–H and O–H groups in total. The van der Waals surface area contributed by atoms with Crippen LogP contribution in [0.15, 0.2) is 73.8 Å². The number of aromatic hydroxyl groups is 1. The molecule has 2 aromatic carbocycles. The molecule has 1 nitrogen and oxygen atoms in total. The van der Waals surface area contributed by atoms with Crippen LogP contribution in [0, 0.1) is 0 Å². The third-order valence-corrected chi connectivity index (χ3v) is 1.94. The van der Waals surface area contributed by atoms with Crippen molar-refractivity contribution in [3.05, 3.63) is 73.8 Å². The van der Waals surface area contributed by atoms with E-state index in [9.17, 15) is 0 Å². The summed E-state index contributed by atoms with van der Waals surface area (Å²) in [4.78, 5) is 0. The third-order valence-electron chi connectivity index (χ3n) is 1.56. The molecule has 1 unspecified atom stereocenters. The van der Waals surface area contributed by atoms with Crippen LogP contribution in [0.5, 0.6) is 5.75 Å². The summed E-state index contributed by atoms with van der Waals surface area (Å²) in [6.45, 7) is 6.00. The third kappa shape index (κ3) is 7.78. The van der Waals surface area contributed by atoms with E-state index in [-0.39, 0.29) is 0 Å². The molecule has 0 heterocycles. The minimum Gasteiger partial charge on any atom is -0.508 e. The van der Waals surface area contributed by atoms with Crippen LogP contribution in [0.3, 0.4) is 0 Å². The molecule has 0 spiro atoms. The predicted molar refractivity (Wildman–Crippen MR) is 75.1 cm³/mol. The van der Waals surface area contributed by atoms with E-state index >= 15 is 0 Å². The van der Waals surface area contributed by atoms with Crippen molar-refractivity contribution in [2.75, 3.05) is 0 Å². The number of rotatable bonds is 0. The molecular weight excluding hydrogens is 215 g/mol. The van der Waals surface area contributed by atoms with Crippen LogP contribution in [-0.4, -0.2) is 5.11 Å². The maximum Gasteiger partial charge on any atom is 0.115 e. The lowest BCUT2D eigenvalue weighted by Crippen LogP contribution is -1.82. The van der Waals surface area contributed by atoms with Crippen LogP contribution >= 0.6 is 9.24 Å². The van der Waals surface area contributed by atoms with Crippen LogP contribution in [0.25, 0.3) is 0 Å². The summed E-state index contributed by atoms with van der Waals surface area (Å²) in [5, 5.41) is 9.87. The minimum absolute atomic E-state index is 0.322. The van der Waals surface area contributed by atoms with Gasteiger partial charge in [-0.3, -0.25) is 0 Å². The van der Waals surface area contributed by atoms with Gasteiger partial charge in [0.15, 0.2) is 0 Å². The van der Waals surface area contributed by atoms with Crippen LogP contribution in [0.4, 0.5) is 0 Å². The molecule has 0 aliphatic rings. The monoisotopic (exact) mass is 232 g/mol. The van der Waals surface area contributed by atoms with Gasteiger partial charge in [-0.25, -0.2) is 0 Å². The standard InChI is InChI=1S/C6H6O.C6H7P.C2H4/c2*7-6-4-2-1-3-5-6;1-2/h1-5,7H;1-5H,7H2;1-2H2. The topological polar surface area (TPSA) is 20.2 Å². The highest BCUT2D eigenvalue weighted by Crippen LogP contribution is 2.02. The van der Waals surface area contributed by atoms with Gasteiger partial charge in [-0.05, 0) is 17.4 Å². The van der Waals surface area contributed by atoms with Gasteiger partial charge in [0, 0.05) is 0 Å². The summed E-state index contributed by atoms with van der Waals surface area (Å²) in [6.07, 6.45) is 0. The molecule has 0 radical (unpaired) electrons. The number of phenolic OH excluding ortho intramolecular Hbond substituents is 1. The summed E-state index contributed by atoms with van der Waals surface area (Å²) in [6, 6.07) is 18.8. The van der Waals surface area contributed by atoms with Crippen LogP contribution in [0.1, 0.15) is 0 Å². The van der Waals surface area contributed by atoms with E-state index in [1.54, 1.807) is 24.3 Å². The maximum atomic E-state index is 8.63. The van der Waals surface area contributed by atoms with Crippen LogP contribution < -0.4 is 5.30 Å². The highest BCUT2D eigenvalue weighted by Gasteiger charge is 1.74. The first-order chi connectivity index (χ1) is 7.79. The first-order valence-electron chi connectivity index (χ1n) is 4.83. The molecule has 84 valence electrons. The fourth-order valence-electron chi connectivity index (χ4n) is 0.881. The van der Waals surface area contributed by atoms with Gasteiger partial charge in [-0.1, -0.05) is 48.5 Å². The molecule has 0 saturated carbocycles. The summed E-state index contributed by atoms with van der Waals surface area (Å²) < 4.78 is 0. The van der Waals surface area contributed by atoms with Crippen molar-refractivity contribution in [1.82, 2.24) is 0 Å². The number of hydrogen-bond acceptors (Lipinski definition) is 1. The normalized spacial score (nSPS) is 7.81. The summed E-state index contributed by atoms with van der Waals surface area (Å²) in [7, 11) is 2.63. The summed E-state index contributed by atoms with van der Waals surface area (Å²) in [5.74, 6) is 0.322. The molecule has 16 heavy (non-hydrogen) atoms. The highest BCUT2D eigenvalue weighted by atomic mass is 31.0. The fourth-order valence-corrected chi connectivity index (χ4v) is 1.10. The minimum atomic E-state index is 0.322. The Morgan fingerprint density at radius 3 is 1.31 bits per heavy atom. The lowest BCUT2D eigenvalue weighted by atomic mass is 10.3. The second-order valence-electron chi connectivity index (χ2n) is 2.75. The van der Waals surface area contributed by atoms with Gasteiger partial charge in [0.1, 0.15) is 5.75 Å². The van der Waals surface area contributed by atoms with E-state index in [2.05, 4.69) is 22.4 Å².